The quantitative estimate of drug-likeness (QED) is 0.800. The molecule has 2 aliphatic heterocycles. The Bertz CT molecular complexity index is 727. The van der Waals surface area contributed by atoms with Gasteiger partial charge in [0.1, 0.15) is 5.75 Å². The Labute approximate surface area is 149 Å². The number of hydrogen-bond donors (Lipinski definition) is 1. The van der Waals surface area contributed by atoms with E-state index in [1.165, 1.54) is 29.5 Å². The second-order valence-electron chi connectivity index (χ2n) is 6.67. The zero-order valence-corrected chi connectivity index (χ0v) is 14.7. The van der Waals surface area contributed by atoms with Crippen molar-refractivity contribution in [3.05, 3.63) is 53.1 Å². The third kappa shape index (κ3) is 3.45. The summed E-state index contributed by atoms with van der Waals surface area (Å²) in [5.74, 6) is 2.67. The Morgan fingerprint density at radius 3 is 2.68 bits per heavy atom. The first-order valence-electron chi connectivity index (χ1n) is 9.23. The van der Waals surface area contributed by atoms with Crippen LogP contribution in [0.25, 0.3) is 0 Å². The number of unbranched alkanes of at least 4 members (excludes halogenated alkanes) is 2. The van der Waals surface area contributed by atoms with Crippen LogP contribution in [-0.4, -0.2) is 19.9 Å². The van der Waals surface area contributed by atoms with E-state index in [2.05, 4.69) is 48.6 Å². The molecule has 1 unspecified atom stereocenters. The van der Waals surface area contributed by atoms with Gasteiger partial charge < -0.3 is 19.5 Å². The fourth-order valence-electron chi connectivity index (χ4n) is 3.54. The van der Waals surface area contributed by atoms with Crippen LogP contribution in [0.2, 0.25) is 0 Å². The van der Waals surface area contributed by atoms with Gasteiger partial charge in [0.15, 0.2) is 11.5 Å². The van der Waals surface area contributed by atoms with Crippen molar-refractivity contribution < 1.29 is 14.2 Å². The van der Waals surface area contributed by atoms with Gasteiger partial charge in [-0.2, -0.15) is 0 Å². The minimum Gasteiger partial charge on any atom is -0.494 e. The molecule has 2 aromatic rings. The van der Waals surface area contributed by atoms with Crippen LogP contribution < -0.4 is 19.5 Å². The van der Waals surface area contributed by atoms with Crippen molar-refractivity contribution in [1.29, 1.82) is 0 Å². The van der Waals surface area contributed by atoms with Gasteiger partial charge in [0.2, 0.25) is 6.79 Å². The van der Waals surface area contributed by atoms with Gasteiger partial charge >= 0.3 is 0 Å². The molecule has 0 spiro atoms. The topological polar surface area (TPSA) is 39.7 Å². The first-order chi connectivity index (χ1) is 12.3. The maximum absolute atomic E-state index is 5.82. The highest BCUT2D eigenvalue weighted by Crippen LogP contribution is 2.40. The lowest BCUT2D eigenvalue weighted by Crippen LogP contribution is -2.30. The molecule has 1 atom stereocenters. The molecular weight excluding hydrogens is 314 g/mol. The Balaban J connectivity index is 1.51. The second kappa shape index (κ2) is 7.36. The SMILES string of the molecule is CCCCCOc1ccc(C2NCCc3cc4c(cc32)OCO4)cc1. The number of nitrogens with one attached hydrogen (secondary N) is 1. The van der Waals surface area contributed by atoms with Crippen molar-refractivity contribution in [2.75, 3.05) is 19.9 Å². The lowest BCUT2D eigenvalue weighted by Gasteiger charge is -2.27. The predicted molar refractivity (Wildman–Crippen MR) is 97.6 cm³/mol. The summed E-state index contributed by atoms with van der Waals surface area (Å²) in [6, 6.07) is 12.9. The summed E-state index contributed by atoms with van der Waals surface area (Å²) in [7, 11) is 0. The van der Waals surface area contributed by atoms with Crippen LogP contribution in [-0.2, 0) is 6.42 Å². The largest absolute Gasteiger partial charge is 0.494 e. The first kappa shape index (κ1) is 16.3. The summed E-state index contributed by atoms with van der Waals surface area (Å²) < 4.78 is 16.9. The van der Waals surface area contributed by atoms with E-state index in [0.717, 1.165) is 43.2 Å². The summed E-state index contributed by atoms with van der Waals surface area (Å²) in [5.41, 5.74) is 3.88. The molecule has 0 saturated carbocycles. The summed E-state index contributed by atoms with van der Waals surface area (Å²) >= 11 is 0. The standard InChI is InChI=1S/C21H25NO3/c1-2-3-4-11-23-17-7-5-15(6-8-17)21-18-13-20-19(24-14-25-20)12-16(18)9-10-22-21/h5-8,12-13,21-22H,2-4,9-11,14H2,1H3. The first-order valence-corrected chi connectivity index (χ1v) is 9.23. The van der Waals surface area contributed by atoms with Crippen LogP contribution in [0.15, 0.2) is 36.4 Å². The molecule has 25 heavy (non-hydrogen) atoms. The number of benzene rings is 2. The summed E-state index contributed by atoms with van der Waals surface area (Å²) in [4.78, 5) is 0. The Morgan fingerprint density at radius 1 is 1.08 bits per heavy atom. The van der Waals surface area contributed by atoms with Crippen molar-refractivity contribution in [2.24, 2.45) is 0 Å². The molecular formula is C21H25NO3. The van der Waals surface area contributed by atoms with E-state index in [1.54, 1.807) is 0 Å². The van der Waals surface area contributed by atoms with Crippen LogP contribution >= 0.6 is 0 Å². The molecule has 0 saturated heterocycles. The number of rotatable bonds is 6. The molecule has 1 N–H and O–H groups in total. The lowest BCUT2D eigenvalue weighted by molar-refractivity contribution is 0.174. The number of ether oxygens (including phenoxy) is 3. The highest BCUT2D eigenvalue weighted by molar-refractivity contribution is 5.52. The number of hydrogen-bond acceptors (Lipinski definition) is 4. The molecule has 132 valence electrons. The van der Waals surface area contributed by atoms with E-state index in [-0.39, 0.29) is 6.04 Å². The van der Waals surface area contributed by atoms with Crippen molar-refractivity contribution in [3.8, 4) is 17.2 Å². The van der Waals surface area contributed by atoms with Crippen LogP contribution in [0.4, 0.5) is 0 Å². The van der Waals surface area contributed by atoms with E-state index in [4.69, 9.17) is 14.2 Å². The Hall–Kier alpha value is -2.20. The average Bonchev–Trinajstić information content (AvgIpc) is 3.11. The average molecular weight is 339 g/mol. The minimum absolute atomic E-state index is 0.187. The third-order valence-corrected chi connectivity index (χ3v) is 4.92. The van der Waals surface area contributed by atoms with Crippen molar-refractivity contribution >= 4 is 0 Å². The highest BCUT2D eigenvalue weighted by Gasteiger charge is 2.25. The molecule has 0 radical (unpaired) electrons. The molecule has 2 aromatic carbocycles. The van der Waals surface area contributed by atoms with Crippen LogP contribution in [0.3, 0.4) is 0 Å². The monoisotopic (exact) mass is 339 g/mol. The zero-order chi connectivity index (χ0) is 17.1. The van der Waals surface area contributed by atoms with Crippen LogP contribution in [0, 0.1) is 0 Å². The molecule has 0 fully saturated rings. The van der Waals surface area contributed by atoms with E-state index in [1.807, 2.05) is 0 Å². The summed E-state index contributed by atoms with van der Waals surface area (Å²) in [6.07, 6.45) is 4.56. The summed E-state index contributed by atoms with van der Waals surface area (Å²) in [5, 5.41) is 3.62. The van der Waals surface area contributed by atoms with Crippen LogP contribution in [0.5, 0.6) is 17.2 Å². The third-order valence-electron chi connectivity index (χ3n) is 4.92. The van der Waals surface area contributed by atoms with Gasteiger partial charge in [0.25, 0.3) is 0 Å². The molecule has 2 aliphatic rings. The van der Waals surface area contributed by atoms with Crippen molar-refractivity contribution in [3.63, 3.8) is 0 Å². The fourth-order valence-corrected chi connectivity index (χ4v) is 3.54. The van der Waals surface area contributed by atoms with Gasteiger partial charge in [0, 0.05) is 6.54 Å². The predicted octanol–water partition coefficient (Wildman–Crippen LogP) is 4.22. The van der Waals surface area contributed by atoms with Gasteiger partial charge in [-0.25, -0.2) is 0 Å². The maximum Gasteiger partial charge on any atom is 0.231 e. The molecule has 4 rings (SSSR count). The van der Waals surface area contributed by atoms with E-state index >= 15 is 0 Å². The van der Waals surface area contributed by atoms with Gasteiger partial charge in [0.05, 0.1) is 12.6 Å². The fraction of sp³-hybridized carbons (Fsp3) is 0.429. The number of fused-ring (bicyclic) bond motifs is 2. The lowest BCUT2D eigenvalue weighted by atomic mass is 9.89. The second-order valence-corrected chi connectivity index (χ2v) is 6.67. The van der Waals surface area contributed by atoms with Gasteiger partial charge in [-0.3, -0.25) is 0 Å². The van der Waals surface area contributed by atoms with Gasteiger partial charge in [-0.05, 0) is 53.8 Å². The van der Waals surface area contributed by atoms with Crippen molar-refractivity contribution in [2.45, 2.75) is 38.6 Å². The molecule has 4 heteroatoms. The normalized spacial score (nSPS) is 18.0. The molecule has 0 bridgehead atoms. The van der Waals surface area contributed by atoms with Crippen molar-refractivity contribution in [1.82, 2.24) is 5.32 Å². The Morgan fingerprint density at radius 2 is 1.88 bits per heavy atom. The van der Waals surface area contributed by atoms with Gasteiger partial charge in [-0.1, -0.05) is 31.9 Å². The van der Waals surface area contributed by atoms with E-state index in [0.29, 0.717) is 6.79 Å². The summed E-state index contributed by atoms with van der Waals surface area (Å²) in [6.45, 7) is 4.28. The molecule has 0 aliphatic carbocycles. The van der Waals surface area contributed by atoms with E-state index in [9.17, 15) is 0 Å². The minimum atomic E-state index is 0.187. The highest BCUT2D eigenvalue weighted by atomic mass is 16.7. The van der Waals surface area contributed by atoms with E-state index < -0.39 is 0 Å². The zero-order valence-electron chi connectivity index (χ0n) is 14.7. The molecule has 0 aromatic heterocycles. The molecule has 2 heterocycles. The smallest absolute Gasteiger partial charge is 0.231 e. The molecule has 4 nitrogen and oxygen atoms in total. The molecule has 0 amide bonds. The van der Waals surface area contributed by atoms with Crippen LogP contribution in [0.1, 0.15) is 48.9 Å². The maximum atomic E-state index is 5.82. The van der Waals surface area contributed by atoms with Gasteiger partial charge in [-0.15, -0.1) is 0 Å². The Kier molecular flexibility index (Phi) is 4.79.